The number of carboxylic acids is 1. The lowest BCUT2D eigenvalue weighted by Crippen LogP contribution is -2.41. The van der Waals surface area contributed by atoms with Crippen molar-refractivity contribution in [3.8, 4) is 0 Å². The van der Waals surface area contributed by atoms with Gasteiger partial charge >= 0.3 is 5.97 Å². The van der Waals surface area contributed by atoms with Gasteiger partial charge in [0.15, 0.2) is 6.04 Å². The van der Waals surface area contributed by atoms with E-state index in [0.717, 1.165) is 20.3 Å². The monoisotopic (exact) mass is 373 g/mol. The highest BCUT2D eigenvalue weighted by molar-refractivity contribution is 8.15. The molecule has 2 aliphatic heterocycles. The molecule has 1 atom stereocenters. The molecule has 0 spiro atoms. The van der Waals surface area contributed by atoms with Crippen LogP contribution in [0, 0.1) is 0 Å². The fourth-order valence-electron chi connectivity index (χ4n) is 3.28. The Labute approximate surface area is 154 Å². The van der Waals surface area contributed by atoms with Crippen molar-refractivity contribution in [3.05, 3.63) is 28.8 Å². The number of benzene rings is 1. The molecular formula is C18H19N3O2S2. The Kier molecular flexibility index (Phi) is 3.70. The van der Waals surface area contributed by atoms with Crippen LogP contribution in [0.4, 0.5) is 5.69 Å². The summed E-state index contributed by atoms with van der Waals surface area (Å²) >= 11 is 3.06. The van der Waals surface area contributed by atoms with Crippen molar-refractivity contribution in [3.63, 3.8) is 0 Å². The van der Waals surface area contributed by atoms with Crippen LogP contribution >= 0.6 is 23.1 Å². The highest BCUT2D eigenvalue weighted by atomic mass is 32.2. The van der Waals surface area contributed by atoms with Crippen molar-refractivity contribution in [1.82, 2.24) is 4.98 Å². The summed E-state index contributed by atoms with van der Waals surface area (Å²) in [5.74, 6) is -0.390. The predicted octanol–water partition coefficient (Wildman–Crippen LogP) is 3.87. The molecule has 3 heterocycles. The van der Waals surface area contributed by atoms with Gasteiger partial charge in [-0.15, -0.1) is 23.1 Å². The van der Waals surface area contributed by atoms with Crippen LogP contribution in [0.15, 0.2) is 23.2 Å². The average molecular weight is 374 g/mol. The lowest BCUT2D eigenvalue weighted by atomic mass is 9.89. The van der Waals surface area contributed by atoms with Gasteiger partial charge in [0.1, 0.15) is 10.1 Å². The zero-order valence-electron chi connectivity index (χ0n) is 14.5. The molecule has 0 unspecified atom stereocenters. The summed E-state index contributed by atoms with van der Waals surface area (Å²) in [6.45, 7) is 6.55. The molecule has 1 N–H and O–H groups in total. The first-order valence-electron chi connectivity index (χ1n) is 8.08. The number of aromatic nitrogens is 1. The first-order valence-corrected chi connectivity index (χ1v) is 9.88. The Bertz CT molecular complexity index is 959. The van der Waals surface area contributed by atoms with Crippen molar-refractivity contribution in [2.24, 2.45) is 4.99 Å². The van der Waals surface area contributed by atoms with Gasteiger partial charge in [0.25, 0.3) is 0 Å². The molecule has 0 amide bonds. The van der Waals surface area contributed by atoms with E-state index < -0.39 is 12.0 Å². The second-order valence-electron chi connectivity index (χ2n) is 7.00. The van der Waals surface area contributed by atoms with Gasteiger partial charge in [-0.2, -0.15) is 0 Å². The lowest BCUT2D eigenvalue weighted by molar-refractivity contribution is -0.137. The Hall–Kier alpha value is -1.86. The van der Waals surface area contributed by atoms with Gasteiger partial charge in [0.2, 0.25) is 0 Å². The smallest absolute Gasteiger partial charge is 0.329 e. The maximum absolute atomic E-state index is 11.1. The summed E-state index contributed by atoms with van der Waals surface area (Å²) in [4.78, 5) is 22.4. The van der Waals surface area contributed by atoms with Crippen molar-refractivity contribution >= 4 is 55.6 Å². The maximum atomic E-state index is 11.1. The highest BCUT2D eigenvalue weighted by Crippen LogP contribution is 2.41. The fraction of sp³-hybridized carbons (Fsp3) is 0.389. The van der Waals surface area contributed by atoms with Gasteiger partial charge in [0, 0.05) is 24.1 Å². The van der Waals surface area contributed by atoms with Gasteiger partial charge in [-0.3, -0.25) is 4.99 Å². The number of hydrogen-bond acceptors (Lipinski definition) is 6. The van der Waals surface area contributed by atoms with Gasteiger partial charge in [0.05, 0.1) is 15.8 Å². The molecule has 0 fully saturated rings. The molecule has 2 aliphatic rings. The predicted molar refractivity (Wildman–Crippen MR) is 106 cm³/mol. The molecule has 7 heteroatoms. The second-order valence-corrected chi connectivity index (χ2v) is 9.03. The summed E-state index contributed by atoms with van der Waals surface area (Å²) in [6.07, 6.45) is 2.28. The van der Waals surface area contributed by atoms with Crippen LogP contribution in [-0.2, 0) is 4.79 Å². The van der Waals surface area contributed by atoms with E-state index in [1.165, 1.54) is 28.6 Å². The molecule has 0 aliphatic carbocycles. The van der Waals surface area contributed by atoms with Gasteiger partial charge in [-0.1, -0.05) is 6.08 Å². The Balaban J connectivity index is 1.81. The van der Waals surface area contributed by atoms with Crippen LogP contribution in [0.5, 0.6) is 0 Å². The van der Waals surface area contributed by atoms with Crippen molar-refractivity contribution in [2.45, 2.75) is 32.4 Å². The molecule has 5 nitrogen and oxygen atoms in total. The fourth-order valence-corrected chi connectivity index (χ4v) is 5.36. The molecule has 0 saturated heterocycles. The number of rotatable bonds is 2. The first-order chi connectivity index (χ1) is 11.8. The second kappa shape index (κ2) is 5.57. The zero-order chi connectivity index (χ0) is 17.9. The Morgan fingerprint density at radius 3 is 2.84 bits per heavy atom. The molecule has 0 bridgehead atoms. The molecular weight excluding hydrogens is 354 g/mol. The molecule has 0 radical (unpaired) electrons. The van der Waals surface area contributed by atoms with Crippen LogP contribution in [0.3, 0.4) is 0 Å². The van der Waals surface area contributed by atoms with E-state index in [9.17, 15) is 4.79 Å². The molecule has 1 aromatic heterocycles. The number of hydrogen-bond donors (Lipinski definition) is 1. The Morgan fingerprint density at radius 1 is 1.40 bits per heavy atom. The summed E-state index contributed by atoms with van der Waals surface area (Å²) in [7, 11) is 2.11. The van der Waals surface area contributed by atoms with E-state index in [2.05, 4.69) is 55.9 Å². The molecule has 1 aromatic carbocycles. The summed E-state index contributed by atoms with van der Waals surface area (Å²) in [6, 6.07) is 3.67. The van der Waals surface area contributed by atoms with Crippen LogP contribution in [0.1, 0.15) is 31.3 Å². The van der Waals surface area contributed by atoms with Gasteiger partial charge in [-0.25, -0.2) is 9.78 Å². The number of likely N-dealkylation sites (N-methyl/N-ethyl adjacent to an activating group) is 1. The number of nitrogens with zero attached hydrogens (tertiary/aromatic N) is 3. The number of thioether (sulfide) groups is 1. The lowest BCUT2D eigenvalue weighted by Gasteiger charge is -2.40. The summed E-state index contributed by atoms with van der Waals surface area (Å²) in [5.41, 5.74) is 4.58. The largest absolute Gasteiger partial charge is 0.480 e. The quantitative estimate of drug-likeness (QED) is 0.865. The standard InChI is InChI=1S/C18H19N3O2S2/c1-9-7-18(2,3)21(4)13-6-14-11(5-10(9)13)19-16(25-14)15-20-12(8-24-15)17(22)23/h5-7,12H,8H2,1-4H3,(H,22,23)/t12-/m1/s1. The van der Waals surface area contributed by atoms with Crippen LogP contribution in [-0.4, -0.2) is 45.5 Å². The highest BCUT2D eigenvalue weighted by Gasteiger charge is 2.30. The topological polar surface area (TPSA) is 65.8 Å². The third-order valence-corrected chi connectivity index (χ3v) is 7.05. The molecule has 25 heavy (non-hydrogen) atoms. The van der Waals surface area contributed by atoms with Crippen LogP contribution in [0.2, 0.25) is 0 Å². The van der Waals surface area contributed by atoms with E-state index in [-0.39, 0.29) is 5.54 Å². The number of aliphatic carboxylic acids is 1. The van der Waals surface area contributed by atoms with E-state index >= 15 is 0 Å². The number of aliphatic imine (C=N–C) groups is 1. The van der Waals surface area contributed by atoms with Gasteiger partial charge < -0.3 is 10.0 Å². The van der Waals surface area contributed by atoms with Crippen LogP contribution < -0.4 is 4.90 Å². The number of anilines is 1. The Morgan fingerprint density at radius 2 is 2.16 bits per heavy atom. The van der Waals surface area contributed by atoms with Gasteiger partial charge in [-0.05, 0) is 38.5 Å². The molecule has 130 valence electrons. The van der Waals surface area contributed by atoms with Crippen molar-refractivity contribution < 1.29 is 9.90 Å². The number of thiazole rings is 1. The summed E-state index contributed by atoms with van der Waals surface area (Å²) < 4.78 is 1.10. The average Bonchev–Trinajstić information content (AvgIpc) is 3.17. The zero-order valence-corrected chi connectivity index (χ0v) is 16.2. The SMILES string of the molecule is CC1=CC(C)(C)N(C)c2cc3sc(C4=N[C@@H](C(=O)O)CS4)nc3cc21. The van der Waals surface area contributed by atoms with Crippen molar-refractivity contribution in [2.75, 3.05) is 17.7 Å². The third kappa shape index (κ3) is 2.66. The number of fused-ring (bicyclic) bond motifs is 2. The summed E-state index contributed by atoms with van der Waals surface area (Å²) in [5, 5.41) is 10.7. The number of carbonyl (C=O) groups is 1. The minimum absolute atomic E-state index is 0.0294. The van der Waals surface area contributed by atoms with E-state index in [1.54, 1.807) is 11.3 Å². The maximum Gasteiger partial charge on any atom is 0.329 e. The van der Waals surface area contributed by atoms with E-state index in [4.69, 9.17) is 10.1 Å². The third-order valence-electron chi connectivity index (χ3n) is 4.85. The number of carboxylic acid groups (broad SMARTS) is 1. The number of allylic oxidation sites excluding steroid dienone is 1. The normalized spacial score (nSPS) is 21.9. The minimum Gasteiger partial charge on any atom is -0.480 e. The van der Waals surface area contributed by atoms with E-state index in [1.807, 2.05) is 0 Å². The molecule has 0 saturated carbocycles. The molecule has 4 rings (SSSR count). The van der Waals surface area contributed by atoms with Crippen LogP contribution in [0.25, 0.3) is 15.8 Å². The van der Waals surface area contributed by atoms with E-state index in [0.29, 0.717) is 5.75 Å². The first kappa shape index (κ1) is 16.6. The minimum atomic E-state index is -0.872. The van der Waals surface area contributed by atoms with Crippen molar-refractivity contribution in [1.29, 1.82) is 0 Å². The molecule has 2 aromatic rings.